The highest BCUT2D eigenvalue weighted by molar-refractivity contribution is 7.18. The average molecular weight is 372 g/mol. The van der Waals surface area contributed by atoms with E-state index in [-0.39, 0.29) is 0 Å². The Labute approximate surface area is 157 Å². The van der Waals surface area contributed by atoms with Crippen molar-refractivity contribution < 1.29 is 0 Å². The van der Waals surface area contributed by atoms with Crippen LogP contribution in [0.25, 0.3) is 10.2 Å². The fourth-order valence-corrected chi connectivity index (χ4v) is 4.58. The predicted octanol–water partition coefficient (Wildman–Crippen LogP) is 2.76. The molecule has 0 spiro atoms. The summed E-state index contributed by atoms with van der Waals surface area (Å²) < 4.78 is 3.35. The molecule has 0 unspecified atom stereocenters. The number of nitrogens with one attached hydrogen (secondary N) is 1. The van der Waals surface area contributed by atoms with E-state index in [0.717, 1.165) is 62.6 Å². The van der Waals surface area contributed by atoms with Crippen LogP contribution in [0.3, 0.4) is 0 Å². The van der Waals surface area contributed by atoms with Gasteiger partial charge in [-0.2, -0.15) is 0 Å². The smallest absolute Gasteiger partial charge is 0.150 e. The van der Waals surface area contributed by atoms with Gasteiger partial charge in [0.25, 0.3) is 0 Å². The molecule has 3 aromatic heterocycles. The van der Waals surface area contributed by atoms with E-state index in [9.17, 15) is 0 Å². The third kappa shape index (κ3) is 3.43. The van der Waals surface area contributed by atoms with Crippen LogP contribution in [0.4, 0.5) is 5.82 Å². The molecule has 138 valence electrons. The summed E-state index contributed by atoms with van der Waals surface area (Å²) in [6.07, 6.45) is 6.84. The van der Waals surface area contributed by atoms with Crippen LogP contribution >= 0.6 is 11.3 Å². The molecule has 0 amide bonds. The van der Waals surface area contributed by atoms with Crippen LogP contribution in [-0.4, -0.2) is 43.9 Å². The van der Waals surface area contributed by atoms with Gasteiger partial charge in [-0.1, -0.05) is 6.92 Å². The zero-order chi connectivity index (χ0) is 17.9. The lowest BCUT2D eigenvalue weighted by Gasteiger charge is -2.33. The maximum Gasteiger partial charge on any atom is 0.150 e. The Morgan fingerprint density at radius 2 is 2.12 bits per heavy atom. The SMILES string of the molecule is CCCn1cnnc1CNC1CCN(c2ncnc3c(C)csc23)CC1. The molecule has 0 saturated carbocycles. The minimum absolute atomic E-state index is 0.514. The Bertz CT molecular complexity index is 863. The molecule has 1 aliphatic rings. The number of piperidine rings is 1. The van der Waals surface area contributed by atoms with E-state index in [1.807, 2.05) is 6.33 Å². The molecular formula is C18H25N7S. The molecule has 0 atom stereocenters. The minimum atomic E-state index is 0.514. The van der Waals surface area contributed by atoms with E-state index in [0.29, 0.717) is 6.04 Å². The van der Waals surface area contributed by atoms with Crippen molar-refractivity contribution in [2.45, 2.75) is 52.2 Å². The topological polar surface area (TPSA) is 71.8 Å². The Morgan fingerprint density at radius 1 is 1.27 bits per heavy atom. The fraction of sp³-hybridized carbons (Fsp3) is 0.556. The molecule has 0 radical (unpaired) electrons. The van der Waals surface area contributed by atoms with Crippen molar-refractivity contribution in [3.05, 3.63) is 29.4 Å². The number of rotatable bonds is 6. The Balaban J connectivity index is 1.36. The van der Waals surface area contributed by atoms with Crippen molar-refractivity contribution in [1.82, 2.24) is 30.0 Å². The molecule has 1 saturated heterocycles. The lowest BCUT2D eigenvalue weighted by Crippen LogP contribution is -2.42. The molecule has 1 fully saturated rings. The van der Waals surface area contributed by atoms with Gasteiger partial charge in [0, 0.05) is 25.7 Å². The number of nitrogens with zero attached hydrogens (tertiary/aromatic N) is 6. The summed E-state index contributed by atoms with van der Waals surface area (Å²) >= 11 is 1.75. The number of hydrogen-bond donors (Lipinski definition) is 1. The largest absolute Gasteiger partial charge is 0.355 e. The van der Waals surface area contributed by atoms with E-state index >= 15 is 0 Å². The van der Waals surface area contributed by atoms with Crippen LogP contribution in [0.15, 0.2) is 18.0 Å². The molecule has 7 nitrogen and oxygen atoms in total. The molecule has 26 heavy (non-hydrogen) atoms. The number of fused-ring (bicyclic) bond motifs is 1. The molecule has 4 heterocycles. The lowest BCUT2D eigenvalue weighted by atomic mass is 10.0. The standard InChI is InChI=1S/C18H25N7S/c1-3-6-25-12-22-23-15(25)9-19-14-4-7-24(8-5-14)18-17-16(20-11-21-18)13(2)10-26-17/h10-12,14,19H,3-9H2,1-2H3. The monoisotopic (exact) mass is 371 g/mol. The number of anilines is 1. The van der Waals surface area contributed by atoms with Gasteiger partial charge in [0.2, 0.25) is 0 Å². The van der Waals surface area contributed by atoms with Gasteiger partial charge in [-0.15, -0.1) is 21.5 Å². The minimum Gasteiger partial charge on any atom is -0.355 e. The molecule has 0 aliphatic carbocycles. The van der Waals surface area contributed by atoms with Crippen LogP contribution < -0.4 is 10.2 Å². The quantitative estimate of drug-likeness (QED) is 0.718. The molecule has 4 rings (SSSR count). The summed E-state index contributed by atoms with van der Waals surface area (Å²) in [5, 5.41) is 14.1. The first-order chi connectivity index (χ1) is 12.8. The highest BCUT2D eigenvalue weighted by Crippen LogP contribution is 2.32. The van der Waals surface area contributed by atoms with Gasteiger partial charge in [0.05, 0.1) is 16.8 Å². The zero-order valence-corrected chi connectivity index (χ0v) is 16.2. The second kappa shape index (κ2) is 7.67. The highest BCUT2D eigenvalue weighted by Gasteiger charge is 2.22. The summed E-state index contributed by atoms with van der Waals surface area (Å²) in [4.78, 5) is 11.4. The van der Waals surface area contributed by atoms with E-state index in [1.165, 1.54) is 10.3 Å². The third-order valence-electron chi connectivity index (χ3n) is 5.02. The van der Waals surface area contributed by atoms with Crippen LogP contribution in [0.1, 0.15) is 37.6 Å². The Morgan fingerprint density at radius 3 is 2.92 bits per heavy atom. The number of aryl methyl sites for hydroxylation is 2. The highest BCUT2D eigenvalue weighted by atomic mass is 32.1. The maximum atomic E-state index is 4.57. The van der Waals surface area contributed by atoms with Gasteiger partial charge in [0.1, 0.15) is 24.3 Å². The van der Waals surface area contributed by atoms with Gasteiger partial charge in [-0.25, -0.2) is 9.97 Å². The molecule has 0 bridgehead atoms. The molecule has 3 aromatic rings. The van der Waals surface area contributed by atoms with E-state index < -0.39 is 0 Å². The van der Waals surface area contributed by atoms with E-state index in [2.05, 4.69) is 54.2 Å². The van der Waals surface area contributed by atoms with Crippen molar-refractivity contribution in [2.24, 2.45) is 0 Å². The Hall–Kier alpha value is -2.06. The van der Waals surface area contributed by atoms with E-state index in [1.54, 1.807) is 17.7 Å². The predicted molar refractivity (Wildman–Crippen MR) is 105 cm³/mol. The molecule has 0 aromatic carbocycles. The molecule has 8 heteroatoms. The van der Waals surface area contributed by atoms with Crippen molar-refractivity contribution in [1.29, 1.82) is 0 Å². The van der Waals surface area contributed by atoms with Crippen molar-refractivity contribution >= 4 is 27.4 Å². The summed E-state index contributed by atoms with van der Waals surface area (Å²) in [5.41, 5.74) is 2.33. The van der Waals surface area contributed by atoms with Crippen molar-refractivity contribution in [3.63, 3.8) is 0 Å². The molecule has 1 N–H and O–H groups in total. The van der Waals surface area contributed by atoms with Gasteiger partial charge < -0.3 is 14.8 Å². The second-order valence-electron chi connectivity index (χ2n) is 6.88. The van der Waals surface area contributed by atoms with Crippen LogP contribution in [0.2, 0.25) is 0 Å². The third-order valence-corrected chi connectivity index (χ3v) is 6.10. The maximum absolute atomic E-state index is 4.57. The van der Waals surface area contributed by atoms with Crippen LogP contribution in [0.5, 0.6) is 0 Å². The number of aromatic nitrogens is 5. The first-order valence-electron chi connectivity index (χ1n) is 9.30. The van der Waals surface area contributed by atoms with Crippen LogP contribution in [0, 0.1) is 6.92 Å². The first-order valence-corrected chi connectivity index (χ1v) is 10.2. The van der Waals surface area contributed by atoms with Gasteiger partial charge >= 0.3 is 0 Å². The summed E-state index contributed by atoms with van der Waals surface area (Å²) in [6.45, 7) is 8.08. The van der Waals surface area contributed by atoms with Gasteiger partial charge in [-0.05, 0) is 37.1 Å². The summed E-state index contributed by atoms with van der Waals surface area (Å²) in [6, 6.07) is 0.514. The van der Waals surface area contributed by atoms with Gasteiger partial charge in [-0.3, -0.25) is 0 Å². The molecular weight excluding hydrogens is 346 g/mol. The van der Waals surface area contributed by atoms with Crippen molar-refractivity contribution in [3.8, 4) is 0 Å². The molecule has 1 aliphatic heterocycles. The number of thiophene rings is 1. The van der Waals surface area contributed by atoms with Crippen LogP contribution in [-0.2, 0) is 13.1 Å². The van der Waals surface area contributed by atoms with E-state index in [4.69, 9.17) is 0 Å². The second-order valence-corrected chi connectivity index (χ2v) is 7.76. The summed E-state index contributed by atoms with van der Waals surface area (Å²) in [5.74, 6) is 2.12. The Kier molecular flexibility index (Phi) is 5.12. The lowest BCUT2D eigenvalue weighted by molar-refractivity contribution is 0.404. The zero-order valence-electron chi connectivity index (χ0n) is 15.4. The summed E-state index contributed by atoms with van der Waals surface area (Å²) in [7, 11) is 0. The van der Waals surface area contributed by atoms with Crippen molar-refractivity contribution in [2.75, 3.05) is 18.0 Å². The first kappa shape index (κ1) is 17.4. The number of hydrogen-bond acceptors (Lipinski definition) is 7. The normalized spacial score (nSPS) is 15.8. The fourth-order valence-electron chi connectivity index (χ4n) is 3.56. The average Bonchev–Trinajstić information content (AvgIpc) is 3.27. The van der Waals surface area contributed by atoms with Gasteiger partial charge in [0.15, 0.2) is 0 Å².